The minimum Gasteiger partial charge on any atom is -0.293 e. The van der Waals surface area contributed by atoms with Gasteiger partial charge in [0.2, 0.25) is 0 Å². The maximum absolute atomic E-state index is 11.7. The maximum atomic E-state index is 11.7. The van der Waals surface area contributed by atoms with E-state index in [2.05, 4.69) is 28.5 Å². The predicted molar refractivity (Wildman–Crippen MR) is 67.0 cm³/mol. The zero-order valence-corrected chi connectivity index (χ0v) is 10.1. The van der Waals surface area contributed by atoms with Crippen molar-refractivity contribution in [1.82, 2.24) is 10.3 Å². The van der Waals surface area contributed by atoms with Gasteiger partial charge in [-0.3, -0.25) is 15.1 Å². The van der Waals surface area contributed by atoms with Crippen LogP contribution < -0.4 is 11.3 Å². The van der Waals surface area contributed by atoms with Crippen LogP contribution in [0.2, 0.25) is 0 Å². The summed E-state index contributed by atoms with van der Waals surface area (Å²) in [6, 6.07) is 8.30. The molecule has 17 heavy (non-hydrogen) atoms. The van der Waals surface area contributed by atoms with Crippen LogP contribution in [-0.2, 0) is 17.8 Å². The Hall–Kier alpha value is -1.39. The Labute approximate surface area is 102 Å². The van der Waals surface area contributed by atoms with E-state index < -0.39 is 0 Å². The molecule has 1 heterocycles. The van der Waals surface area contributed by atoms with Crippen LogP contribution in [0.25, 0.3) is 0 Å². The van der Waals surface area contributed by atoms with Crippen LogP contribution in [0.5, 0.6) is 0 Å². The normalized spacial score (nSPS) is 17.3. The lowest BCUT2D eigenvalue weighted by atomic mass is 9.98. The van der Waals surface area contributed by atoms with Gasteiger partial charge in [0.1, 0.15) is 0 Å². The molecule has 0 spiro atoms. The highest BCUT2D eigenvalue weighted by molar-refractivity contribution is 5.81. The Morgan fingerprint density at radius 3 is 2.82 bits per heavy atom. The Kier molecular flexibility index (Phi) is 3.76. The summed E-state index contributed by atoms with van der Waals surface area (Å²) in [6.07, 6.45) is 1.79. The molecule has 1 amide bonds. The van der Waals surface area contributed by atoms with Gasteiger partial charge in [-0.25, -0.2) is 5.84 Å². The fourth-order valence-corrected chi connectivity index (χ4v) is 2.49. The second-order valence-electron chi connectivity index (χ2n) is 4.42. The molecule has 1 unspecified atom stereocenters. The van der Waals surface area contributed by atoms with E-state index in [9.17, 15) is 4.79 Å². The molecule has 1 atom stereocenters. The standard InChI is InChI=1S/C13H19N3O/c1-2-12(13(17)15-14)16-8-7-10-5-3-4-6-11(10)9-16/h3-6,12H,2,7-9,14H2,1H3,(H,15,17). The number of hydrogen-bond donors (Lipinski definition) is 2. The SMILES string of the molecule is CCC(C(=O)NN)N1CCc2ccccc2C1. The number of rotatable bonds is 3. The van der Waals surface area contributed by atoms with Gasteiger partial charge in [-0.05, 0) is 24.0 Å². The first-order valence-corrected chi connectivity index (χ1v) is 6.07. The number of carbonyl (C=O) groups excluding carboxylic acids is 1. The summed E-state index contributed by atoms with van der Waals surface area (Å²) in [4.78, 5) is 13.9. The van der Waals surface area contributed by atoms with Crippen LogP contribution in [0.15, 0.2) is 24.3 Å². The molecule has 0 saturated carbocycles. The number of nitrogens with one attached hydrogen (secondary N) is 1. The van der Waals surface area contributed by atoms with Gasteiger partial charge in [-0.2, -0.15) is 0 Å². The quantitative estimate of drug-likeness (QED) is 0.461. The van der Waals surface area contributed by atoms with Gasteiger partial charge < -0.3 is 0 Å². The third kappa shape index (κ3) is 2.48. The smallest absolute Gasteiger partial charge is 0.251 e. The van der Waals surface area contributed by atoms with E-state index in [1.54, 1.807) is 0 Å². The number of fused-ring (bicyclic) bond motifs is 1. The Bertz CT molecular complexity index is 405. The molecule has 0 aromatic heterocycles. The Morgan fingerprint density at radius 2 is 2.18 bits per heavy atom. The number of benzene rings is 1. The molecule has 2 rings (SSSR count). The monoisotopic (exact) mass is 233 g/mol. The van der Waals surface area contributed by atoms with E-state index in [0.717, 1.165) is 25.9 Å². The number of nitrogens with zero attached hydrogens (tertiary/aromatic N) is 1. The first kappa shape index (κ1) is 12.1. The van der Waals surface area contributed by atoms with E-state index in [1.807, 2.05) is 13.0 Å². The van der Waals surface area contributed by atoms with Crippen LogP contribution >= 0.6 is 0 Å². The van der Waals surface area contributed by atoms with Crippen LogP contribution in [0.1, 0.15) is 24.5 Å². The third-order valence-electron chi connectivity index (χ3n) is 3.43. The van der Waals surface area contributed by atoms with Gasteiger partial charge in [-0.1, -0.05) is 31.2 Å². The molecule has 0 bridgehead atoms. The van der Waals surface area contributed by atoms with Crippen molar-refractivity contribution in [3.8, 4) is 0 Å². The molecule has 1 aliphatic rings. The molecule has 1 aromatic carbocycles. The first-order chi connectivity index (χ1) is 8.26. The van der Waals surface area contributed by atoms with E-state index in [-0.39, 0.29) is 11.9 Å². The molecule has 3 N–H and O–H groups in total. The van der Waals surface area contributed by atoms with Gasteiger partial charge in [0, 0.05) is 13.1 Å². The lowest BCUT2D eigenvalue weighted by molar-refractivity contribution is -0.127. The highest BCUT2D eigenvalue weighted by Gasteiger charge is 2.26. The maximum Gasteiger partial charge on any atom is 0.251 e. The highest BCUT2D eigenvalue weighted by Crippen LogP contribution is 2.21. The van der Waals surface area contributed by atoms with Crippen molar-refractivity contribution in [1.29, 1.82) is 0 Å². The van der Waals surface area contributed by atoms with E-state index in [1.165, 1.54) is 11.1 Å². The predicted octanol–water partition coefficient (Wildman–Crippen LogP) is 0.813. The van der Waals surface area contributed by atoms with Crippen molar-refractivity contribution in [2.24, 2.45) is 5.84 Å². The van der Waals surface area contributed by atoms with Gasteiger partial charge in [-0.15, -0.1) is 0 Å². The van der Waals surface area contributed by atoms with Crippen molar-refractivity contribution < 1.29 is 4.79 Å². The number of nitrogens with two attached hydrogens (primary N) is 1. The average Bonchev–Trinajstić information content (AvgIpc) is 2.39. The van der Waals surface area contributed by atoms with Gasteiger partial charge in [0.15, 0.2) is 0 Å². The van der Waals surface area contributed by atoms with Gasteiger partial charge in [0.05, 0.1) is 6.04 Å². The van der Waals surface area contributed by atoms with E-state index in [4.69, 9.17) is 5.84 Å². The average molecular weight is 233 g/mol. The minimum atomic E-state index is -0.117. The molecule has 92 valence electrons. The van der Waals surface area contributed by atoms with Gasteiger partial charge in [0.25, 0.3) is 5.91 Å². The molecule has 0 saturated heterocycles. The van der Waals surface area contributed by atoms with E-state index >= 15 is 0 Å². The Balaban J connectivity index is 2.13. The zero-order valence-electron chi connectivity index (χ0n) is 10.1. The van der Waals surface area contributed by atoms with Gasteiger partial charge >= 0.3 is 0 Å². The fourth-order valence-electron chi connectivity index (χ4n) is 2.49. The molecular formula is C13H19N3O. The molecule has 4 nitrogen and oxygen atoms in total. The molecule has 0 radical (unpaired) electrons. The zero-order chi connectivity index (χ0) is 12.3. The van der Waals surface area contributed by atoms with E-state index in [0.29, 0.717) is 0 Å². The molecule has 0 fully saturated rings. The van der Waals surface area contributed by atoms with Crippen molar-refractivity contribution in [2.45, 2.75) is 32.4 Å². The summed E-state index contributed by atoms with van der Waals surface area (Å²) in [6.45, 7) is 3.77. The van der Waals surface area contributed by atoms with Crippen LogP contribution in [-0.4, -0.2) is 23.4 Å². The topological polar surface area (TPSA) is 58.4 Å². The van der Waals surface area contributed by atoms with Crippen molar-refractivity contribution in [2.75, 3.05) is 6.54 Å². The lowest BCUT2D eigenvalue weighted by Gasteiger charge is -2.33. The fraction of sp³-hybridized carbons (Fsp3) is 0.462. The first-order valence-electron chi connectivity index (χ1n) is 6.07. The summed E-state index contributed by atoms with van der Waals surface area (Å²) in [5.74, 6) is 5.13. The van der Waals surface area contributed by atoms with Crippen molar-refractivity contribution in [3.05, 3.63) is 35.4 Å². The van der Waals surface area contributed by atoms with Crippen molar-refractivity contribution >= 4 is 5.91 Å². The Morgan fingerprint density at radius 1 is 1.47 bits per heavy atom. The number of hydrazine groups is 1. The second kappa shape index (κ2) is 5.29. The molecule has 4 heteroatoms. The number of hydrogen-bond acceptors (Lipinski definition) is 3. The molecule has 1 aromatic rings. The summed E-state index contributed by atoms with van der Waals surface area (Å²) in [5.41, 5.74) is 4.97. The van der Waals surface area contributed by atoms with Crippen LogP contribution in [0.3, 0.4) is 0 Å². The largest absolute Gasteiger partial charge is 0.293 e. The number of amides is 1. The van der Waals surface area contributed by atoms with Crippen molar-refractivity contribution in [3.63, 3.8) is 0 Å². The summed E-state index contributed by atoms with van der Waals surface area (Å²) >= 11 is 0. The van der Waals surface area contributed by atoms with Crippen LogP contribution in [0.4, 0.5) is 0 Å². The number of carbonyl (C=O) groups is 1. The summed E-state index contributed by atoms with van der Waals surface area (Å²) in [7, 11) is 0. The second-order valence-corrected chi connectivity index (χ2v) is 4.42. The highest BCUT2D eigenvalue weighted by atomic mass is 16.2. The lowest BCUT2D eigenvalue weighted by Crippen LogP contribution is -2.50. The van der Waals surface area contributed by atoms with Crippen LogP contribution in [0, 0.1) is 0 Å². The molecule has 0 aliphatic carbocycles. The third-order valence-corrected chi connectivity index (χ3v) is 3.43. The summed E-state index contributed by atoms with van der Waals surface area (Å²) < 4.78 is 0. The minimum absolute atomic E-state index is 0.0909. The molecule has 1 aliphatic heterocycles. The summed E-state index contributed by atoms with van der Waals surface area (Å²) in [5, 5.41) is 0. The molecular weight excluding hydrogens is 214 g/mol.